The number of hydrogen-bond donors (Lipinski definition) is 1. The van der Waals surface area contributed by atoms with Crippen LogP contribution >= 0.6 is 0 Å². The molecule has 0 saturated heterocycles. The molecule has 1 aromatic heterocycles. The lowest BCUT2D eigenvalue weighted by Gasteiger charge is -2.18. The number of likely N-dealkylation sites (N-methyl/N-ethyl adjacent to an activating group) is 1. The second-order valence-electron chi connectivity index (χ2n) is 3.53. The molecule has 0 atom stereocenters. The molecule has 1 aromatic rings. The quantitative estimate of drug-likeness (QED) is 0.780. The van der Waals surface area contributed by atoms with E-state index < -0.39 is 5.97 Å². The topological polar surface area (TPSA) is 62.7 Å². The number of carboxylic acids is 1. The van der Waals surface area contributed by atoms with E-state index in [0.29, 0.717) is 12.4 Å². The summed E-state index contributed by atoms with van der Waals surface area (Å²) in [5.41, 5.74) is -0.0351. The van der Waals surface area contributed by atoms with E-state index >= 15 is 0 Å². The van der Waals surface area contributed by atoms with Crippen LogP contribution in [0.2, 0.25) is 0 Å². The SMILES string of the molecule is CCN(CC)CCOc1cccnc1C(=O)O. The molecule has 17 heavy (non-hydrogen) atoms. The monoisotopic (exact) mass is 238 g/mol. The van der Waals surface area contributed by atoms with Gasteiger partial charge >= 0.3 is 5.97 Å². The fourth-order valence-corrected chi connectivity index (χ4v) is 1.49. The van der Waals surface area contributed by atoms with Gasteiger partial charge in [0.05, 0.1) is 0 Å². The van der Waals surface area contributed by atoms with Gasteiger partial charge in [-0.2, -0.15) is 0 Å². The van der Waals surface area contributed by atoms with Gasteiger partial charge in [0, 0.05) is 12.7 Å². The molecule has 0 aliphatic heterocycles. The molecule has 0 bridgehead atoms. The van der Waals surface area contributed by atoms with Crippen LogP contribution in [0.5, 0.6) is 5.75 Å². The molecule has 0 aliphatic carbocycles. The van der Waals surface area contributed by atoms with Gasteiger partial charge in [0.15, 0.2) is 11.4 Å². The number of nitrogens with zero attached hydrogens (tertiary/aromatic N) is 2. The van der Waals surface area contributed by atoms with Crippen molar-refractivity contribution in [1.82, 2.24) is 9.88 Å². The maximum absolute atomic E-state index is 10.9. The van der Waals surface area contributed by atoms with Crippen LogP contribution in [-0.4, -0.2) is 47.2 Å². The first-order chi connectivity index (χ1) is 8.19. The fraction of sp³-hybridized carbons (Fsp3) is 0.500. The van der Waals surface area contributed by atoms with Gasteiger partial charge in [0.25, 0.3) is 0 Å². The minimum Gasteiger partial charge on any atom is -0.490 e. The first-order valence-corrected chi connectivity index (χ1v) is 5.72. The highest BCUT2D eigenvalue weighted by molar-refractivity contribution is 5.88. The van der Waals surface area contributed by atoms with Crippen LogP contribution in [0.15, 0.2) is 18.3 Å². The van der Waals surface area contributed by atoms with Gasteiger partial charge in [-0.1, -0.05) is 13.8 Å². The molecule has 94 valence electrons. The van der Waals surface area contributed by atoms with E-state index in [4.69, 9.17) is 9.84 Å². The normalized spacial score (nSPS) is 10.5. The third-order valence-corrected chi connectivity index (χ3v) is 2.53. The lowest BCUT2D eigenvalue weighted by Crippen LogP contribution is -2.28. The highest BCUT2D eigenvalue weighted by atomic mass is 16.5. The standard InChI is InChI=1S/C12H18N2O3/c1-3-14(4-2)8-9-17-10-6-5-7-13-11(10)12(15)16/h5-7H,3-4,8-9H2,1-2H3,(H,15,16). The maximum Gasteiger partial charge on any atom is 0.358 e. The highest BCUT2D eigenvalue weighted by Crippen LogP contribution is 2.14. The van der Waals surface area contributed by atoms with E-state index in [9.17, 15) is 4.79 Å². The van der Waals surface area contributed by atoms with E-state index in [-0.39, 0.29) is 5.69 Å². The summed E-state index contributed by atoms with van der Waals surface area (Å²) < 4.78 is 5.45. The van der Waals surface area contributed by atoms with Crippen molar-refractivity contribution < 1.29 is 14.6 Å². The molecule has 0 unspecified atom stereocenters. The van der Waals surface area contributed by atoms with Crippen LogP contribution in [0.1, 0.15) is 24.3 Å². The Bertz CT molecular complexity index is 365. The predicted octanol–water partition coefficient (Wildman–Crippen LogP) is 1.50. The Hall–Kier alpha value is -1.62. The van der Waals surface area contributed by atoms with Crippen molar-refractivity contribution in [3.8, 4) is 5.75 Å². The molecule has 0 fully saturated rings. The molecule has 0 amide bonds. The Morgan fingerprint density at radius 1 is 1.47 bits per heavy atom. The molecule has 1 heterocycles. The zero-order valence-corrected chi connectivity index (χ0v) is 10.2. The second-order valence-corrected chi connectivity index (χ2v) is 3.53. The first-order valence-electron chi connectivity index (χ1n) is 5.72. The van der Waals surface area contributed by atoms with Crippen LogP contribution in [0.3, 0.4) is 0 Å². The summed E-state index contributed by atoms with van der Waals surface area (Å²) in [4.78, 5) is 16.9. The van der Waals surface area contributed by atoms with Crippen molar-refractivity contribution in [3.63, 3.8) is 0 Å². The highest BCUT2D eigenvalue weighted by Gasteiger charge is 2.12. The zero-order chi connectivity index (χ0) is 12.7. The van der Waals surface area contributed by atoms with Crippen molar-refractivity contribution in [2.75, 3.05) is 26.2 Å². The van der Waals surface area contributed by atoms with Crippen LogP contribution in [0, 0.1) is 0 Å². The smallest absolute Gasteiger partial charge is 0.358 e. The summed E-state index contributed by atoms with van der Waals surface area (Å²) in [6.07, 6.45) is 1.45. The number of aromatic nitrogens is 1. The number of carboxylic acid groups (broad SMARTS) is 1. The third kappa shape index (κ3) is 4.03. The van der Waals surface area contributed by atoms with Gasteiger partial charge in [0.1, 0.15) is 6.61 Å². The van der Waals surface area contributed by atoms with Gasteiger partial charge < -0.3 is 14.7 Å². The third-order valence-electron chi connectivity index (χ3n) is 2.53. The summed E-state index contributed by atoms with van der Waals surface area (Å²) in [5, 5.41) is 8.91. The summed E-state index contributed by atoms with van der Waals surface area (Å²) in [5.74, 6) is -0.740. The molecule has 0 aromatic carbocycles. The number of hydrogen-bond acceptors (Lipinski definition) is 4. The van der Waals surface area contributed by atoms with Gasteiger partial charge in [-0.3, -0.25) is 0 Å². The van der Waals surface area contributed by atoms with Crippen LogP contribution < -0.4 is 4.74 Å². The molecule has 0 spiro atoms. The molecule has 0 saturated carbocycles. The molecule has 5 nitrogen and oxygen atoms in total. The Morgan fingerprint density at radius 2 is 2.18 bits per heavy atom. The molecule has 1 rings (SSSR count). The van der Waals surface area contributed by atoms with Crippen LogP contribution in [-0.2, 0) is 0 Å². The molecule has 0 radical (unpaired) electrons. The Kier molecular flexibility index (Phi) is 5.42. The minimum absolute atomic E-state index is 0.0351. The lowest BCUT2D eigenvalue weighted by molar-refractivity contribution is 0.0684. The first kappa shape index (κ1) is 13.4. The summed E-state index contributed by atoms with van der Waals surface area (Å²) in [6.45, 7) is 7.32. The maximum atomic E-state index is 10.9. The number of ether oxygens (including phenoxy) is 1. The van der Waals surface area contributed by atoms with E-state index in [1.807, 2.05) is 0 Å². The van der Waals surface area contributed by atoms with E-state index in [1.165, 1.54) is 6.20 Å². The van der Waals surface area contributed by atoms with Crippen molar-refractivity contribution in [1.29, 1.82) is 0 Å². The van der Waals surface area contributed by atoms with Gasteiger partial charge in [-0.25, -0.2) is 9.78 Å². The van der Waals surface area contributed by atoms with E-state index in [1.54, 1.807) is 12.1 Å². The summed E-state index contributed by atoms with van der Waals surface area (Å²) in [7, 11) is 0. The van der Waals surface area contributed by atoms with Crippen LogP contribution in [0.25, 0.3) is 0 Å². The Labute approximate surface area is 101 Å². The molecular formula is C12H18N2O3. The van der Waals surface area contributed by atoms with Crippen molar-refractivity contribution >= 4 is 5.97 Å². The summed E-state index contributed by atoms with van der Waals surface area (Å²) >= 11 is 0. The van der Waals surface area contributed by atoms with Crippen molar-refractivity contribution in [2.45, 2.75) is 13.8 Å². The average molecular weight is 238 g/mol. The van der Waals surface area contributed by atoms with E-state index in [0.717, 1.165) is 19.6 Å². The Balaban J connectivity index is 2.54. The van der Waals surface area contributed by atoms with E-state index in [2.05, 4.69) is 23.7 Å². The number of rotatable bonds is 7. The largest absolute Gasteiger partial charge is 0.490 e. The van der Waals surface area contributed by atoms with Crippen LogP contribution in [0.4, 0.5) is 0 Å². The molecular weight excluding hydrogens is 220 g/mol. The second kappa shape index (κ2) is 6.85. The lowest BCUT2D eigenvalue weighted by atomic mass is 10.3. The van der Waals surface area contributed by atoms with Crippen molar-refractivity contribution in [2.24, 2.45) is 0 Å². The minimum atomic E-state index is -1.07. The molecule has 5 heteroatoms. The van der Waals surface area contributed by atoms with Crippen molar-refractivity contribution in [3.05, 3.63) is 24.0 Å². The van der Waals surface area contributed by atoms with Gasteiger partial charge in [-0.05, 0) is 25.2 Å². The summed E-state index contributed by atoms with van der Waals surface area (Å²) in [6, 6.07) is 3.29. The number of carbonyl (C=O) groups is 1. The molecule has 1 N–H and O–H groups in total. The average Bonchev–Trinajstić information content (AvgIpc) is 2.35. The van der Waals surface area contributed by atoms with Gasteiger partial charge in [-0.15, -0.1) is 0 Å². The Morgan fingerprint density at radius 3 is 2.76 bits per heavy atom. The zero-order valence-electron chi connectivity index (χ0n) is 10.2. The van der Waals surface area contributed by atoms with Gasteiger partial charge in [0.2, 0.25) is 0 Å². The number of pyridine rings is 1. The fourth-order valence-electron chi connectivity index (χ4n) is 1.49. The molecule has 0 aliphatic rings. The number of aromatic carboxylic acids is 1. The predicted molar refractivity (Wildman–Crippen MR) is 64.5 cm³/mol.